The van der Waals surface area contributed by atoms with Crippen molar-refractivity contribution in [2.45, 2.75) is 5.41 Å². The Balaban J connectivity index is 1.31. The molecule has 2 nitrogen and oxygen atoms in total. The van der Waals surface area contributed by atoms with Crippen LogP contribution >= 0.6 is 11.6 Å². The number of hydrogen-bond donors (Lipinski definition) is 0. The fourth-order valence-corrected chi connectivity index (χ4v) is 8.44. The number of fused-ring (bicyclic) bond motifs is 13. The quantitative estimate of drug-likeness (QED) is 0.199. The van der Waals surface area contributed by atoms with Crippen molar-refractivity contribution in [1.29, 1.82) is 0 Å². The Bertz CT molecular complexity index is 2460. The number of hydrogen-bond acceptors (Lipinski definition) is 2. The minimum Gasteiger partial charge on any atom is -0.456 e. The SMILES string of the molecule is Clc1ccc2c(c1N(c1ccccc1)c1ccc3c(c1)oc1ccccc13)-c1ccccc1C21c2ccccc2-c2ccccc21. The second kappa shape index (κ2) is 9.47. The smallest absolute Gasteiger partial charge is 0.137 e. The third-order valence-corrected chi connectivity index (χ3v) is 10.2. The van der Waals surface area contributed by atoms with Crippen molar-refractivity contribution in [2.75, 3.05) is 4.90 Å². The number of rotatable bonds is 3. The highest BCUT2D eigenvalue weighted by Crippen LogP contribution is 2.65. The van der Waals surface area contributed by atoms with Gasteiger partial charge in [-0.25, -0.2) is 0 Å². The van der Waals surface area contributed by atoms with Crippen LogP contribution in [-0.4, -0.2) is 0 Å². The summed E-state index contributed by atoms with van der Waals surface area (Å²) in [5.41, 5.74) is 14.3. The zero-order valence-corrected chi connectivity index (χ0v) is 25.5. The second-order valence-electron chi connectivity index (χ2n) is 12.2. The summed E-state index contributed by atoms with van der Waals surface area (Å²) in [4.78, 5) is 2.30. The monoisotopic (exact) mass is 607 g/mol. The van der Waals surface area contributed by atoms with Gasteiger partial charge in [-0.05, 0) is 75.3 Å². The Morgan fingerprint density at radius 3 is 1.78 bits per heavy atom. The molecular formula is C43H26ClNO. The Morgan fingerprint density at radius 2 is 1.04 bits per heavy atom. The van der Waals surface area contributed by atoms with Gasteiger partial charge in [-0.15, -0.1) is 0 Å². The van der Waals surface area contributed by atoms with Gasteiger partial charge in [0, 0.05) is 33.8 Å². The highest BCUT2D eigenvalue weighted by atomic mass is 35.5. The molecule has 7 aromatic carbocycles. The van der Waals surface area contributed by atoms with Crippen LogP contribution in [0.1, 0.15) is 22.3 Å². The molecule has 3 heteroatoms. The van der Waals surface area contributed by atoms with Crippen LogP contribution in [0.5, 0.6) is 0 Å². The van der Waals surface area contributed by atoms with E-state index in [1.807, 2.05) is 12.1 Å². The van der Waals surface area contributed by atoms with Crippen molar-refractivity contribution in [3.63, 3.8) is 0 Å². The van der Waals surface area contributed by atoms with E-state index in [-0.39, 0.29) is 0 Å². The molecule has 0 saturated heterocycles. The lowest BCUT2D eigenvalue weighted by molar-refractivity contribution is 0.669. The summed E-state index contributed by atoms with van der Waals surface area (Å²) in [5.74, 6) is 0. The molecule has 0 bridgehead atoms. The fraction of sp³-hybridized carbons (Fsp3) is 0.0233. The van der Waals surface area contributed by atoms with E-state index in [4.69, 9.17) is 16.0 Å². The van der Waals surface area contributed by atoms with Crippen molar-refractivity contribution in [3.05, 3.63) is 185 Å². The maximum Gasteiger partial charge on any atom is 0.137 e. The van der Waals surface area contributed by atoms with E-state index in [0.29, 0.717) is 5.02 Å². The molecule has 8 aromatic rings. The lowest BCUT2D eigenvalue weighted by Gasteiger charge is -2.32. The van der Waals surface area contributed by atoms with Crippen LogP contribution in [0.3, 0.4) is 0 Å². The van der Waals surface area contributed by atoms with Crippen LogP contribution in [0.15, 0.2) is 162 Å². The number of benzene rings is 7. The summed E-state index contributed by atoms with van der Waals surface area (Å²) < 4.78 is 6.39. The summed E-state index contributed by atoms with van der Waals surface area (Å²) >= 11 is 7.38. The van der Waals surface area contributed by atoms with E-state index in [2.05, 4.69) is 150 Å². The van der Waals surface area contributed by atoms with Gasteiger partial charge in [0.25, 0.3) is 0 Å². The first-order valence-corrected chi connectivity index (χ1v) is 16.0. The molecule has 46 heavy (non-hydrogen) atoms. The number of nitrogens with zero attached hydrogens (tertiary/aromatic N) is 1. The van der Waals surface area contributed by atoms with E-state index in [1.54, 1.807) is 0 Å². The molecule has 0 amide bonds. The first-order valence-electron chi connectivity index (χ1n) is 15.6. The lowest BCUT2D eigenvalue weighted by Crippen LogP contribution is -2.26. The number of anilines is 3. The van der Waals surface area contributed by atoms with Crippen molar-refractivity contribution < 1.29 is 4.42 Å². The average Bonchev–Trinajstić information content (AvgIpc) is 3.73. The van der Waals surface area contributed by atoms with Gasteiger partial charge in [-0.3, -0.25) is 0 Å². The zero-order valence-electron chi connectivity index (χ0n) is 24.7. The van der Waals surface area contributed by atoms with Gasteiger partial charge in [0.2, 0.25) is 0 Å². The minimum absolute atomic E-state index is 0.455. The van der Waals surface area contributed by atoms with E-state index < -0.39 is 5.41 Å². The Labute approximate surface area is 271 Å². The molecule has 2 aliphatic carbocycles. The van der Waals surface area contributed by atoms with Crippen LogP contribution in [-0.2, 0) is 5.41 Å². The predicted molar refractivity (Wildman–Crippen MR) is 190 cm³/mol. The van der Waals surface area contributed by atoms with Gasteiger partial charge in [-0.2, -0.15) is 0 Å². The van der Waals surface area contributed by atoms with Crippen LogP contribution in [0.2, 0.25) is 5.02 Å². The van der Waals surface area contributed by atoms with Crippen molar-refractivity contribution >= 4 is 50.6 Å². The maximum atomic E-state index is 7.38. The van der Waals surface area contributed by atoms with Gasteiger partial charge in [0.15, 0.2) is 0 Å². The highest BCUT2D eigenvalue weighted by Gasteiger charge is 2.52. The highest BCUT2D eigenvalue weighted by molar-refractivity contribution is 6.35. The third kappa shape index (κ3) is 3.26. The summed E-state index contributed by atoms with van der Waals surface area (Å²) in [6.07, 6.45) is 0. The first kappa shape index (κ1) is 25.7. The largest absolute Gasteiger partial charge is 0.456 e. The number of furan rings is 1. The van der Waals surface area contributed by atoms with Crippen LogP contribution < -0.4 is 4.90 Å². The molecule has 1 aromatic heterocycles. The average molecular weight is 608 g/mol. The molecule has 1 heterocycles. The van der Waals surface area contributed by atoms with E-state index in [0.717, 1.165) is 44.6 Å². The minimum atomic E-state index is -0.455. The molecule has 0 saturated carbocycles. The van der Waals surface area contributed by atoms with Gasteiger partial charge < -0.3 is 9.32 Å². The van der Waals surface area contributed by atoms with Gasteiger partial charge in [-0.1, -0.05) is 127 Å². The fourth-order valence-electron chi connectivity index (χ4n) is 8.20. The summed E-state index contributed by atoms with van der Waals surface area (Å²) in [5, 5.41) is 2.90. The lowest BCUT2D eigenvalue weighted by atomic mass is 9.70. The second-order valence-corrected chi connectivity index (χ2v) is 12.6. The predicted octanol–water partition coefficient (Wildman–Crippen LogP) is 12.1. The first-order chi connectivity index (χ1) is 22.7. The molecule has 0 aliphatic heterocycles. The maximum absolute atomic E-state index is 7.38. The molecule has 0 unspecified atom stereocenters. The summed E-state index contributed by atoms with van der Waals surface area (Å²) in [7, 11) is 0. The van der Waals surface area contributed by atoms with E-state index in [9.17, 15) is 0 Å². The topological polar surface area (TPSA) is 16.4 Å². The van der Waals surface area contributed by atoms with Crippen LogP contribution in [0.4, 0.5) is 17.1 Å². The van der Waals surface area contributed by atoms with E-state index >= 15 is 0 Å². The zero-order chi connectivity index (χ0) is 30.4. The van der Waals surface area contributed by atoms with Crippen molar-refractivity contribution in [1.82, 2.24) is 0 Å². The van der Waals surface area contributed by atoms with E-state index in [1.165, 1.54) is 38.9 Å². The van der Waals surface area contributed by atoms with Crippen LogP contribution in [0.25, 0.3) is 44.2 Å². The Morgan fingerprint density at radius 1 is 0.457 bits per heavy atom. The molecule has 0 N–H and O–H groups in total. The van der Waals surface area contributed by atoms with Gasteiger partial charge >= 0.3 is 0 Å². The molecular weight excluding hydrogens is 582 g/mol. The van der Waals surface area contributed by atoms with Crippen molar-refractivity contribution in [3.8, 4) is 22.3 Å². The molecule has 2 aliphatic rings. The number of halogens is 1. The molecule has 0 atom stereocenters. The normalized spacial score (nSPS) is 13.5. The molecule has 10 rings (SSSR count). The van der Waals surface area contributed by atoms with Crippen molar-refractivity contribution in [2.24, 2.45) is 0 Å². The van der Waals surface area contributed by atoms with Crippen LogP contribution in [0, 0.1) is 0 Å². The molecule has 0 radical (unpaired) electrons. The Hall–Kier alpha value is -5.57. The van der Waals surface area contributed by atoms with Gasteiger partial charge in [0.05, 0.1) is 16.1 Å². The number of para-hydroxylation sites is 2. The molecule has 0 fully saturated rings. The van der Waals surface area contributed by atoms with Gasteiger partial charge in [0.1, 0.15) is 11.2 Å². The summed E-state index contributed by atoms with van der Waals surface area (Å²) in [6, 6.07) is 56.2. The Kier molecular flexibility index (Phi) is 5.29. The molecule has 1 spiro atoms. The third-order valence-electron chi connectivity index (χ3n) is 9.94. The molecule has 216 valence electrons. The summed E-state index contributed by atoms with van der Waals surface area (Å²) in [6.45, 7) is 0. The standard InChI is InChI=1S/C43H26ClNO/c44-38-25-24-37-41(33-17-6-10-20-36(33)43(37)34-18-8-4-14-29(34)30-15-5-9-19-35(30)43)42(38)45(27-12-2-1-3-13-27)28-22-23-32-31-16-7-11-21-39(31)46-40(32)26-28/h1-26H.